The van der Waals surface area contributed by atoms with Gasteiger partial charge in [0.1, 0.15) is 11.1 Å². The number of nitrogens with zero attached hydrogens (tertiary/aromatic N) is 1. The molecule has 1 aliphatic rings. The molecular weight excluding hydrogens is 291 g/mol. The molecule has 0 bridgehead atoms. The van der Waals surface area contributed by atoms with E-state index in [9.17, 15) is 13.4 Å². The standard InChI is InChI=1S/C15H21FN2O2S/c1-11(15(19)18-8-4-2-3-5-9-18)21(20)14-7-6-12(16)10-13(14)17/h6-7,10-11H,2-5,8-9,17H2,1H3. The first-order valence-electron chi connectivity index (χ1n) is 7.25. The Bertz CT molecular complexity index is 542. The molecule has 0 spiro atoms. The number of amides is 1. The van der Waals surface area contributed by atoms with E-state index in [1.54, 1.807) is 11.8 Å². The molecule has 0 aliphatic carbocycles. The lowest BCUT2D eigenvalue weighted by Gasteiger charge is -2.24. The first-order chi connectivity index (χ1) is 10.0. The SMILES string of the molecule is CC(C(=O)N1CCCCCC1)S(=O)c1ccc(F)cc1N. The van der Waals surface area contributed by atoms with Crippen molar-refractivity contribution in [3.8, 4) is 0 Å². The van der Waals surface area contributed by atoms with Crippen molar-refractivity contribution >= 4 is 22.4 Å². The fourth-order valence-electron chi connectivity index (χ4n) is 2.53. The lowest BCUT2D eigenvalue weighted by atomic mass is 10.2. The number of hydrogen-bond acceptors (Lipinski definition) is 3. The van der Waals surface area contributed by atoms with Gasteiger partial charge in [0.05, 0.1) is 21.4 Å². The first kappa shape index (κ1) is 15.9. The molecule has 0 saturated carbocycles. The summed E-state index contributed by atoms with van der Waals surface area (Å²) in [6.07, 6.45) is 4.24. The van der Waals surface area contributed by atoms with Crippen LogP contribution >= 0.6 is 0 Å². The van der Waals surface area contributed by atoms with Gasteiger partial charge in [0, 0.05) is 13.1 Å². The Morgan fingerprint density at radius 1 is 1.29 bits per heavy atom. The molecule has 6 heteroatoms. The molecule has 21 heavy (non-hydrogen) atoms. The Kier molecular flexibility index (Phi) is 5.33. The van der Waals surface area contributed by atoms with Crippen molar-refractivity contribution in [2.24, 2.45) is 0 Å². The second-order valence-electron chi connectivity index (χ2n) is 5.36. The number of halogens is 1. The summed E-state index contributed by atoms with van der Waals surface area (Å²) in [6.45, 7) is 3.09. The van der Waals surface area contributed by atoms with Gasteiger partial charge in [0.15, 0.2) is 0 Å². The van der Waals surface area contributed by atoms with Crippen LogP contribution in [0.3, 0.4) is 0 Å². The molecule has 1 aromatic carbocycles. The molecule has 1 aromatic rings. The highest BCUT2D eigenvalue weighted by Gasteiger charge is 2.27. The summed E-state index contributed by atoms with van der Waals surface area (Å²) in [5, 5.41) is -0.670. The van der Waals surface area contributed by atoms with Crippen LogP contribution < -0.4 is 5.73 Å². The average molecular weight is 312 g/mol. The minimum absolute atomic E-state index is 0.112. The lowest BCUT2D eigenvalue weighted by molar-refractivity contribution is -0.130. The van der Waals surface area contributed by atoms with Crippen LogP contribution in [0.25, 0.3) is 0 Å². The number of carbonyl (C=O) groups excluding carboxylic acids is 1. The molecule has 1 amide bonds. The topological polar surface area (TPSA) is 63.4 Å². The number of carbonyl (C=O) groups is 1. The van der Waals surface area contributed by atoms with Crippen LogP contribution in [0.5, 0.6) is 0 Å². The van der Waals surface area contributed by atoms with Crippen LogP contribution in [-0.2, 0) is 15.6 Å². The van der Waals surface area contributed by atoms with Gasteiger partial charge in [0.25, 0.3) is 0 Å². The molecule has 2 unspecified atom stereocenters. The average Bonchev–Trinajstić information content (AvgIpc) is 2.74. The Morgan fingerprint density at radius 3 is 2.48 bits per heavy atom. The maximum Gasteiger partial charge on any atom is 0.238 e. The molecule has 1 saturated heterocycles. The van der Waals surface area contributed by atoms with Crippen LogP contribution in [0.2, 0.25) is 0 Å². The number of likely N-dealkylation sites (tertiary alicyclic amines) is 1. The predicted octanol–water partition coefficient (Wildman–Crippen LogP) is 2.31. The largest absolute Gasteiger partial charge is 0.398 e. The normalized spacial score (nSPS) is 18.9. The maximum atomic E-state index is 13.1. The van der Waals surface area contributed by atoms with Crippen LogP contribution in [0, 0.1) is 5.82 Å². The zero-order valence-electron chi connectivity index (χ0n) is 12.2. The van der Waals surface area contributed by atoms with Crippen LogP contribution in [0.15, 0.2) is 23.1 Å². The molecule has 4 nitrogen and oxygen atoms in total. The van der Waals surface area contributed by atoms with E-state index in [4.69, 9.17) is 5.73 Å². The lowest BCUT2D eigenvalue weighted by Crippen LogP contribution is -2.40. The second-order valence-corrected chi connectivity index (χ2v) is 7.10. The smallest absolute Gasteiger partial charge is 0.238 e. The Morgan fingerprint density at radius 2 is 1.90 bits per heavy atom. The Labute approximate surface area is 127 Å². The summed E-state index contributed by atoms with van der Waals surface area (Å²) in [7, 11) is -1.57. The third-order valence-corrected chi connectivity index (χ3v) is 5.42. The zero-order valence-corrected chi connectivity index (χ0v) is 13.0. The van der Waals surface area contributed by atoms with Crippen LogP contribution in [-0.4, -0.2) is 33.4 Å². The fourth-order valence-corrected chi connectivity index (χ4v) is 3.74. The third-order valence-electron chi connectivity index (χ3n) is 3.78. The molecule has 2 atom stereocenters. The van der Waals surface area contributed by atoms with Gasteiger partial charge in [0.2, 0.25) is 5.91 Å². The molecule has 1 heterocycles. The van der Waals surface area contributed by atoms with E-state index >= 15 is 0 Å². The molecule has 0 radical (unpaired) electrons. The van der Waals surface area contributed by atoms with Gasteiger partial charge < -0.3 is 10.6 Å². The first-order valence-corrected chi connectivity index (χ1v) is 8.46. The molecule has 1 fully saturated rings. The van der Waals surface area contributed by atoms with Crippen molar-refractivity contribution in [3.05, 3.63) is 24.0 Å². The highest BCUT2D eigenvalue weighted by molar-refractivity contribution is 7.86. The van der Waals surface area contributed by atoms with Crippen molar-refractivity contribution in [1.82, 2.24) is 4.90 Å². The highest BCUT2D eigenvalue weighted by Crippen LogP contribution is 2.22. The van der Waals surface area contributed by atoms with Crippen LogP contribution in [0.1, 0.15) is 32.6 Å². The summed E-state index contributed by atoms with van der Waals surface area (Å²) in [6, 6.07) is 3.75. The molecule has 0 aromatic heterocycles. The Balaban J connectivity index is 2.12. The van der Waals surface area contributed by atoms with E-state index in [1.165, 1.54) is 12.1 Å². The number of benzene rings is 1. The van der Waals surface area contributed by atoms with Gasteiger partial charge in [-0.05, 0) is 38.0 Å². The summed E-state index contributed by atoms with van der Waals surface area (Å²) in [5.74, 6) is -0.585. The number of rotatable bonds is 3. The molecule has 2 rings (SSSR count). The number of hydrogen-bond donors (Lipinski definition) is 1. The Hall–Kier alpha value is -1.43. The van der Waals surface area contributed by atoms with Gasteiger partial charge in [-0.15, -0.1) is 0 Å². The van der Waals surface area contributed by atoms with E-state index in [2.05, 4.69) is 0 Å². The zero-order chi connectivity index (χ0) is 15.4. The molecule has 2 N–H and O–H groups in total. The third kappa shape index (κ3) is 3.81. The maximum absolute atomic E-state index is 13.1. The number of nitrogens with two attached hydrogens (primary N) is 1. The summed E-state index contributed by atoms with van der Waals surface area (Å²) >= 11 is 0. The number of nitrogen functional groups attached to an aromatic ring is 1. The minimum Gasteiger partial charge on any atom is -0.398 e. The van der Waals surface area contributed by atoms with Gasteiger partial charge in [-0.3, -0.25) is 9.00 Å². The van der Waals surface area contributed by atoms with Gasteiger partial charge in [-0.25, -0.2) is 4.39 Å². The molecule has 1 aliphatic heterocycles. The monoisotopic (exact) mass is 312 g/mol. The van der Waals surface area contributed by atoms with Gasteiger partial charge in [-0.1, -0.05) is 12.8 Å². The van der Waals surface area contributed by atoms with E-state index in [-0.39, 0.29) is 11.6 Å². The number of anilines is 1. The summed E-state index contributed by atoms with van der Waals surface area (Å²) < 4.78 is 25.6. The van der Waals surface area contributed by atoms with Crippen molar-refractivity contribution in [1.29, 1.82) is 0 Å². The second kappa shape index (κ2) is 7.02. The van der Waals surface area contributed by atoms with E-state index < -0.39 is 21.9 Å². The van der Waals surface area contributed by atoms with Crippen molar-refractivity contribution in [2.45, 2.75) is 42.8 Å². The van der Waals surface area contributed by atoms with Gasteiger partial charge in [-0.2, -0.15) is 0 Å². The molecular formula is C15H21FN2O2S. The van der Waals surface area contributed by atoms with Crippen molar-refractivity contribution in [3.63, 3.8) is 0 Å². The van der Waals surface area contributed by atoms with Crippen molar-refractivity contribution in [2.75, 3.05) is 18.8 Å². The van der Waals surface area contributed by atoms with E-state index in [1.807, 2.05) is 0 Å². The van der Waals surface area contributed by atoms with E-state index in [0.29, 0.717) is 4.90 Å². The minimum atomic E-state index is -1.57. The highest BCUT2D eigenvalue weighted by atomic mass is 32.2. The van der Waals surface area contributed by atoms with Crippen LogP contribution in [0.4, 0.5) is 10.1 Å². The van der Waals surface area contributed by atoms with Gasteiger partial charge >= 0.3 is 0 Å². The quantitative estimate of drug-likeness (QED) is 0.871. The fraction of sp³-hybridized carbons (Fsp3) is 0.533. The summed E-state index contributed by atoms with van der Waals surface area (Å²) in [5.41, 5.74) is 5.83. The van der Waals surface area contributed by atoms with Crippen molar-refractivity contribution < 1.29 is 13.4 Å². The predicted molar refractivity (Wildman–Crippen MR) is 81.7 cm³/mol. The van der Waals surface area contributed by atoms with E-state index in [0.717, 1.165) is 44.8 Å². The summed E-state index contributed by atoms with van der Waals surface area (Å²) in [4.78, 5) is 14.6. The molecule has 116 valence electrons.